The SMILES string of the molecule is CCCCC(=O)Cc1cc(F)ccc1C. The smallest absolute Gasteiger partial charge is 0.137 e. The first-order valence-corrected chi connectivity index (χ1v) is 5.40. The number of hydrogen-bond acceptors (Lipinski definition) is 1. The second-order valence-corrected chi connectivity index (χ2v) is 3.89. The standard InChI is InChI=1S/C13H17FO/c1-3-4-5-13(15)9-11-8-12(14)7-6-10(11)2/h6-8H,3-5,9H2,1-2H3. The van der Waals surface area contributed by atoms with Gasteiger partial charge in [0.1, 0.15) is 11.6 Å². The fraction of sp³-hybridized carbons (Fsp3) is 0.462. The molecule has 0 unspecified atom stereocenters. The number of ketones is 1. The van der Waals surface area contributed by atoms with Gasteiger partial charge in [0, 0.05) is 12.8 Å². The third-order valence-electron chi connectivity index (χ3n) is 2.51. The van der Waals surface area contributed by atoms with Gasteiger partial charge in [-0.3, -0.25) is 4.79 Å². The monoisotopic (exact) mass is 208 g/mol. The van der Waals surface area contributed by atoms with Crippen LogP contribution < -0.4 is 0 Å². The Hall–Kier alpha value is -1.18. The van der Waals surface area contributed by atoms with E-state index in [-0.39, 0.29) is 11.6 Å². The summed E-state index contributed by atoms with van der Waals surface area (Å²) in [6, 6.07) is 4.60. The van der Waals surface area contributed by atoms with Crippen molar-refractivity contribution in [3.8, 4) is 0 Å². The zero-order valence-electron chi connectivity index (χ0n) is 9.35. The fourth-order valence-electron chi connectivity index (χ4n) is 1.51. The molecule has 0 saturated heterocycles. The van der Waals surface area contributed by atoms with Gasteiger partial charge in [-0.1, -0.05) is 19.4 Å². The topological polar surface area (TPSA) is 17.1 Å². The average molecular weight is 208 g/mol. The first-order chi connectivity index (χ1) is 7.13. The quantitative estimate of drug-likeness (QED) is 0.724. The highest BCUT2D eigenvalue weighted by molar-refractivity contribution is 5.81. The second kappa shape index (κ2) is 5.64. The maximum atomic E-state index is 12.9. The minimum Gasteiger partial charge on any atom is -0.299 e. The Bertz CT molecular complexity index is 344. The molecular formula is C13H17FO. The summed E-state index contributed by atoms with van der Waals surface area (Å²) < 4.78 is 12.9. The Kier molecular flexibility index (Phi) is 4.47. The molecule has 0 fully saturated rings. The van der Waals surface area contributed by atoms with Crippen molar-refractivity contribution in [3.63, 3.8) is 0 Å². The molecule has 1 aromatic carbocycles. The maximum Gasteiger partial charge on any atom is 0.137 e. The van der Waals surface area contributed by atoms with E-state index in [0.717, 1.165) is 24.0 Å². The maximum absolute atomic E-state index is 12.9. The van der Waals surface area contributed by atoms with Crippen LogP contribution in [0.3, 0.4) is 0 Å². The number of Topliss-reactive ketones (excluding diaryl/α,β-unsaturated/α-hetero) is 1. The van der Waals surface area contributed by atoms with Gasteiger partial charge in [-0.05, 0) is 36.6 Å². The van der Waals surface area contributed by atoms with Crippen molar-refractivity contribution in [3.05, 3.63) is 35.1 Å². The molecule has 0 aliphatic carbocycles. The number of unbranched alkanes of at least 4 members (excludes halogenated alkanes) is 1. The number of carbonyl (C=O) groups excluding carboxylic acids is 1. The van der Waals surface area contributed by atoms with Gasteiger partial charge in [0.15, 0.2) is 0 Å². The Labute approximate surface area is 90.3 Å². The number of aryl methyl sites for hydroxylation is 1. The summed E-state index contributed by atoms with van der Waals surface area (Å²) in [5.41, 5.74) is 1.80. The molecule has 0 saturated carbocycles. The summed E-state index contributed by atoms with van der Waals surface area (Å²) in [4.78, 5) is 11.5. The third kappa shape index (κ3) is 3.82. The van der Waals surface area contributed by atoms with Gasteiger partial charge in [-0.25, -0.2) is 4.39 Å². The normalized spacial score (nSPS) is 10.3. The van der Waals surface area contributed by atoms with Crippen molar-refractivity contribution in [1.82, 2.24) is 0 Å². The summed E-state index contributed by atoms with van der Waals surface area (Å²) in [5, 5.41) is 0. The third-order valence-corrected chi connectivity index (χ3v) is 2.51. The Balaban J connectivity index is 2.63. The van der Waals surface area contributed by atoms with Crippen molar-refractivity contribution >= 4 is 5.78 Å². The number of rotatable bonds is 5. The Morgan fingerprint density at radius 3 is 2.80 bits per heavy atom. The molecule has 0 amide bonds. The van der Waals surface area contributed by atoms with E-state index in [2.05, 4.69) is 6.92 Å². The molecule has 0 aliphatic heterocycles. The molecule has 2 heteroatoms. The molecular weight excluding hydrogens is 191 g/mol. The summed E-state index contributed by atoms with van der Waals surface area (Å²) in [5.74, 6) is -0.0653. The summed E-state index contributed by atoms with van der Waals surface area (Å²) in [7, 11) is 0. The largest absolute Gasteiger partial charge is 0.299 e. The molecule has 0 radical (unpaired) electrons. The van der Waals surface area contributed by atoms with Crippen LogP contribution in [-0.4, -0.2) is 5.78 Å². The summed E-state index contributed by atoms with van der Waals surface area (Å²) >= 11 is 0. The first-order valence-electron chi connectivity index (χ1n) is 5.40. The van der Waals surface area contributed by atoms with Crippen molar-refractivity contribution in [2.24, 2.45) is 0 Å². The van der Waals surface area contributed by atoms with Crippen molar-refractivity contribution < 1.29 is 9.18 Å². The van der Waals surface area contributed by atoms with Crippen LogP contribution in [0.4, 0.5) is 4.39 Å². The number of carbonyl (C=O) groups is 1. The fourth-order valence-corrected chi connectivity index (χ4v) is 1.51. The van der Waals surface area contributed by atoms with Crippen LogP contribution in [0.25, 0.3) is 0 Å². The van der Waals surface area contributed by atoms with Gasteiger partial charge in [0.2, 0.25) is 0 Å². The zero-order valence-corrected chi connectivity index (χ0v) is 9.35. The molecule has 15 heavy (non-hydrogen) atoms. The van der Waals surface area contributed by atoms with Gasteiger partial charge < -0.3 is 0 Å². The number of hydrogen-bond donors (Lipinski definition) is 0. The van der Waals surface area contributed by atoms with E-state index in [9.17, 15) is 9.18 Å². The van der Waals surface area contributed by atoms with Crippen LogP contribution in [-0.2, 0) is 11.2 Å². The molecule has 0 heterocycles. The van der Waals surface area contributed by atoms with Crippen molar-refractivity contribution in [2.45, 2.75) is 39.5 Å². The zero-order chi connectivity index (χ0) is 11.3. The van der Waals surface area contributed by atoms with E-state index in [1.54, 1.807) is 6.07 Å². The van der Waals surface area contributed by atoms with Crippen molar-refractivity contribution in [2.75, 3.05) is 0 Å². The van der Waals surface area contributed by atoms with Crippen LogP contribution in [0.5, 0.6) is 0 Å². The summed E-state index contributed by atoms with van der Waals surface area (Å²) in [6.07, 6.45) is 2.91. The molecule has 0 atom stereocenters. The van der Waals surface area contributed by atoms with Crippen LogP contribution in [0.15, 0.2) is 18.2 Å². The van der Waals surface area contributed by atoms with Crippen LogP contribution in [0, 0.1) is 12.7 Å². The molecule has 0 spiro atoms. The lowest BCUT2D eigenvalue weighted by atomic mass is 10.0. The molecule has 0 aromatic heterocycles. The lowest BCUT2D eigenvalue weighted by Crippen LogP contribution is -2.04. The second-order valence-electron chi connectivity index (χ2n) is 3.89. The molecule has 1 aromatic rings. The number of halogens is 1. The van der Waals surface area contributed by atoms with Gasteiger partial charge in [0.25, 0.3) is 0 Å². The lowest BCUT2D eigenvalue weighted by molar-refractivity contribution is -0.118. The van der Waals surface area contributed by atoms with Crippen molar-refractivity contribution in [1.29, 1.82) is 0 Å². The van der Waals surface area contributed by atoms with Gasteiger partial charge >= 0.3 is 0 Å². The molecule has 1 nitrogen and oxygen atoms in total. The minimum absolute atomic E-state index is 0.200. The van der Waals surface area contributed by atoms with E-state index < -0.39 is 0 Å². The van der Waals surface area contributed by atoms with Crippen LogP contribution in [0.2, 0.25) is 0 Å². The van der Waals surface area contributed by atoms with Crippen LogP contribution >= 0.6 is 0 Å². The van der Waals surface area contributed by atoms with E-state index >= 15 is 0 Å². The van der Waals surface area contributed by atoms with E-state index in [0.29, 0.717) is 12.8 Å². The molecule has 0 bridgehead atoms. The highest BCUT2D eigenvalue weighted by Crippen LogP contribution is 2.12. The lowest BCUT2D eigenvalue weighted by Gasteiger charge is -2.04. The molecule has 1 rings (SSSR count). The van der Waals surface area contributed by atoms with E-state index in [1.165, 1.54) is 12.1 Å². The Morgan fingerprint density at radius 2 is 2.13 bits per heavy atom. The van der Waals surface area contributed by atoms with Gasteiger partial charge in [-0.15, -0.1) is 0 Å². The average Bonchev–Trinajstić information content (AvgIpc) is 2.20. The van der Waals surface area contributed by atoms with Crippen LogP contribution in [0.1, 0.15) is 37.3 Å². The number of benzene rings is 1. The highest BCUT2D eigenvalue weighted by Gasteiger charge is 2.06. The Morgan fingerprint density at radius 1 is 1.40 bits per heavy atom. The highest BCUT2D eigenvalue weighted by atomic mass is 19.1. The van der Waals surface area contributed by atoms with Gasteiger partial charge in [-0.2, -0.15) is 0 Å². The predicted octanol–water partition coefficient (Wildman–Crippen LogP) is 3.44. The molecule has 0 N–H and O–H groups in total. The van der Waals surface area contributed by atoms with E-state index in [4.69, 9.17) is 0 Å². The summed E-state index contributed by atoms with van der Waals surface area (Å²) in [6.45, 7) is 3.96. The molecule has 82 valence electrons. The minimum atomic E-state index is -0.265. The predicted molar refractivity (Wildman–Crippen MR) is 59.4 cm³/mol. The molecule has 0 aliphatic rings. The van der Waals surface area contributed by atoms with E-state index in [1.807, 2.05) is 6.92 Å². The van der Waals surface area contributed by atoms with Gasteiger partial charge in [0.05, 0.1) is 0 Å². The first kappa shape index (κ1) is 11.9.